The number of para-hydroxylation sites is 1. The van der Waals surface area contributed by atoms with Crippen molar-refractivity contribution in [3.8, 4) is 33.4 Å². The lowest BCUT2D eigenvalue weighted by atomic mass is 9.89. The summed E-state index contributed by atoms with van der Waals surface area (Å²) in [4.78, 5) is 4.00. The van der Waals surface area contributed by atoms with Gasteiger partial charge in [0.15, 0.2) is 0 Å². The molecule has 2 aliphatic carbocycles. The number of anilines is 2. The summed E-state index contributed by atoms with van der Waals surface area (Å²) in [6.07, 6.45) is 15.1. The van der Waals surface area contributed by atoms with E-state index in [9.17, 15) is 0 Å². The molecule has 0 saturated heterocycles. The van der Waals surface area contributed by atoms with Gasteiger partial charge >= 0.3 is 0 Å². The number of benzene rings is 8. The third-order valence-corrected chi connectivity index (χ3v) is 15.1. The van der Waals surface area contributed by atoms with Crippen LogP contribution in [-0.4, -0.2) is 0 Å². The molecular weight excluding hydrogens is 775 g/mol. The molecule has 61 heavy (non-hydrogen) atoms. The van der Waals surface area contributed by atoms with Gasteiger partial charge in [0.2, 0.25) is 0 Å². The van der Waals surface area contributed by atoms with Crippen LogP contribution in [-0.2, 0) is 6.42 Å². The van der Waals surface area contributed by atoms with Crippen molar-refractivity contribution in [1.82, 2.24) is 0 Å². The van der Waals surface area contributed by atoms with Gasteiger partial charge in [-0.2, -0.15) is 0 Å². The summed E-state index contributed by atoms with van der Waals surface area (Å²) in [5, 5.41) is 6.60. The minimum atomic E-state index is 0.308. The summed E-state index contributed by atoms with van der Waals surface area (Å²) in [6, 6.07) is 65.3. The summed E-state index contributed by atoms with van der Waals surface area (Å²) >= 11 is 3.85. The lowest BCUT2D eigenvalue weighted by molar-refractivity contribution is 0.841. The van der Waals surface area contributed by atoms with Crippen molar-refractivity contribution in [3.05, 3.63) is 222 Å². The van der Waals surface area contributed by atoms with Gasteiger partial charge in [0, 0.05) is 58.0 Å². The summed E-state index contributed by atoms with van der Waals surface area (Å²) in [5.74, 6) is 0.308. The van der Waals surface area contributed by atoms with Crippen molar-refractivity contribution in [2.75, 3.05) is 4.90 Å². The maximum absolute atomic E-state index is 2.50. The monoisotopic (exact) mass is 815 g/mol. The van der Waals surface area contributed by atoms with E-state index in [-0.39, 0.29) is 0 Å². The summed E-state index contributed by atoms with van der Waals surface area (Å²) < 4.78 is 4.03. The highest BCUT2D eigenvalue weighted by molar-refractivity contribution is 7.26. The van der Waals surface area contributed by atoms with Crippen molar-refractivity contribution >= 4 is 81.2 Å². The topological polar surface area (TPSA) is 3.24 Å². The predicted octanol–water partition coefficient (Wildman–Crippen LogP) is 17.1. The van der Waals surface area contributed by atoms with Gasteiger partial charge in [-0.25, -0.2) is 0 Å². The number of nitrogens with zero attached hydrogens (tertiary/aromatic N) is 1. The third kappa shape index (κ3) is 6.36. The predicted molar refractivity (Wildman–Crippen MR) is 265 cm³/mol. The zero-order valence-corrected chi connectivity index (χ0v) is 35.2. The van der Waals surface area contributed by atoms with Crippen LogP contribution >= 0.6 is 22.7 Å². The molecule has 2 aromatic heterocycles. The van der Waals surface area contributed by atoms with Crippen molar-refractivity contribution in [2.24, 2.45) is 0 Å². The Hall–Kier alpha value is -6.78. The Morgan fingerprint density at radius 2 is 1.26 bits per heavy atom. The largest absolute Gasteiger partial charge is 0.310 e. The lowest BCUT2D eigenvalue weighted by Gasteiger charge is -2.31. The Morgan fingerprint density at radius 1 is 0.525 bits per heavy atom. The van der Waals surface area contributed by atoms with E-state index in [0.29, 0.717) is 5.92 Å². The third-order valence-electron chi connectivity index (χ3n) is 12.6. The Morgan fingerprint density at radius 3 is 2.20 bits per heavy atom. The molecule has 0 spiro atoms. The first kappa shape index (κ1) is 36.1. The van der Waals surface area contributed by atoms with Crippen LogP contribution in [0.25, 0.3) is 80.5 Å². The summed E-state index contributed by atoms with van der Waals surface area (Å²) in [5.41, 5.74) is 13.7. The number of allylic oxidation sites excluding steroid dienone is 4. The van der Waals surface area contributed by atoms with E-state index in [2.05, 4.69) is 211 Å². The highest BCUT2D eigenvalue weighted by Gasteiger charge is 2.24. The molecule has 1 nitrogen and oxygen atoms in total. The van der Waals surface area contributed by atoms with Gasteiger partial charge < -0.3 is 4.90 Å². The molecule has 2 aliphatic rings. The maximum atomic E-state index is 2.50. The van der Waals surface area contributed by atoms with E-state index in [1.807, 2.05) is 22.7 Å². The molecule has 10 aromatic rings. The van der Waals surface area contributed by atoms with Crippen LogP contribution < -0.4 is 4.90 Å². The van der Waals surface area contributed by atoms with Crippen LogP contribution in [0.3, 0.4) is 0 Å². The first-order valence-electron chi connectivity index (χ1n) is 21.3. The minimum absolute atomic E-state index is 0.308. The van der Waals surface area contributed by atoms with E-state index >= 15 is 0 Å². The highest BCUT2D eigenvalue weighted by atomic mass is 32.1. The molecule has 290 valence electrons. The fourth-order valence-corrected chi connectivity index (χ4v) is 12.1. The van der Waals surface area contributed by atoms with Gasteiger partial charge in [0.05, 0.1) is 5.69 Å². The fraction of sp³-hybridized carbons (Fsp3) is 0.0690. The Balaban J connectivity index is 0.981. The number of hydrogen-bond donors (Lipinski definition) is 0. The van der Waals surface area contributed by atoms with Crippen LogP contribution in [0.5, 0.6) is 0 Å². The Bertz CT molecular complexity index is 3430. The van der Waals surface area contributed by atoms with Crippen LogP contribution in [0.15, 0.2) is 206 Å². The van der Waals surface area contributed by atoms with Gasteiger partial charge in [-0.1, -0.05) is 164 Å². The molecule has 3 heteroatoms. The van der Waals surface area contributed by atoms with Crippen molar-refractivity contribution < 1.29 is 0 Å². The van der Waals surface area contributed by atoms with Crippen molar-refractivity contribution in [2.45, 2.75) is 25.2 Å². The average Bonchev–Trinajstić information content (AvgIpc) is 3.91. The highest BCUT2D eigenvalue weighted by Crippen LogP contribution is 2.47. The lowest BCUT2D eigenvalue weighted by Crippen LogP contribution is -2.18. The van der Waals surface area contributed by atoms with Crippen LogP contribution in [0, 0.1) is 0 Å². The van der Waals surface area contributed by atoms with Crippen LogP contribution in [0.2, 0.25) is 0 Å². The number of rotatable bonds is 7. The summed E-state index contributed by atoms with van der Waals surface area (Å²) in [6.45, 7) is 0. The Kier molecular flexibility index (Phi) is 8.90. The van der Waals surface area contributed by atoms with E-state index in [0.717, 1.165) is 24.9 Å². The molecule has 0 saturated carbocycles. The van der Waals surface area contributed by atoms with Crippen LogP contribution in [0.1, 0.15) is 34.8 Å². The summed E-state index contributed by atoms with van der Waals surface area (Å²) in [7, 11) is 0. The first-order valence-corrected chi connectivity index (χ1v) is 23.0. The molecule has 0 radical (unpaired) electrons. The van der Waals surface area contributed by atoms with Crippen LogP contribution in [0.4, 0.5) is 11.4 Å². The van der Waals surface area contributed by atoms with E-state index in [4.69, 9.17) is 0 Å². The maximum Gasteiger partial charge on any atom is 0.0540 e. The molecule has 12 rings (SSSR count). The molecule has 0 aliphatic heterocycles. The smallest absolute Gasteiger partial charge is 0.0540 e. The zero-order valence-electron chi connectivity index (χ0n) is 33.6. The second kappa shape index (κ2) is 15.0. The quantitative estimate of drug-likeness (QED) is 0.155. The molecule has 2 heterocycles. The Labute approximate surface area is 364 Å². The second-order valence-corrected chi connectivity index (χ2v) is 18.4. The van der Waals surface area contributed by atoms with Gasteiger partial charge in [0.25, 0.3) is 0 Å². The van der Waals surface area contributed by atoms with E-state index in [1.54, 1.807) is 0 Å². The molecule has 0 fully saturated rings. The molecule has 0 N–H and O–H groups in total. The zero-order chi connectivity index (χ0) is 40.3. The molecule has 1 atom stereocenters. The SMILES string of the molecule is C1=Cc2c(sc3cccc(-c4ccccc4N(C4=CCC(c5ccc6ccccc6c5)C=C4)c4cccc(-c5cccc(-c6cccc7c6sc6ccccc67)c5)c4)c23)CC1. The molecule has 1 unspecified atom stereocenters. The number of fused-ring (bicyclic) bond motifs is 7. The minimum Gasteiger partial charge on any atom is -0.310 e. The normalized spacial score (nSPS) is 14.8. The number of aryl methyl sites for hydroxylation is 1. The molecular formula is C58H41NS2. The molecule has 0 bridgehead atoms. The first-order chi connectivity index (χ1) is 30.2. The van der Waals surface area contributed by atoms with E-state index in [1.165, 1.54) is 102 Å². The second-order valence-electron chi connectivity index (χ2n) is 16.3. The van der Waals surface area contributed by atoms with Gasteiger partial charge in [-0.3, -0.25) is 0 Å². The van der Waals surface area contributed by atoms with Gasteiger partial charge in [0.1, 0.15) is 0 Å². The fourth-order valence-electron chi connectivity index (χ4n) is 9.67. The average molecular weight is 816 g/mol. The van der Waals surface area contributed by atoms with Crippen molar-refractivity contribution in [1.29, 1.82) is 0 Å². The number of hydrogen-bond acceptors (Lipinski definition) is 3. The van der Waals surface area contributed by atoms with E-state index < -0.39 is 0 Å². The number of thiophene rings is 2. The van der Waals surface area contributed by atoms with Crippen molar-refractivity contribution in [3.63, 3.8) is 0 Å². The van der Waals surface area contributed by atoms with Gasteiger partial charge in [-0.15, -0.1) is 22.7 Å². The molecule has 0 amide bonds. The standard InChI is InChI=1S/C58H41NS2/c1-2-14-40-35-43(30-29-38(40)13-1)39-31-33-45(34-32-39)59(53-25-6-3-19-48(53)50-23-12-28-56-57(50)52-21-5-8-27-55(52)60-56)46-18-10-16-42(37-46)41-15-9-17-44(36-41)47-22-11-24-51-49-20-4-7-26-54(49)61-58(47)51/h1-7,9-26,28-31,33-37,39H,8,27,32H2. The van der Waals surface area contributed by atoms with Gasteiger partial charge in [-0.05, 0) is 111 Å². The molecule has 8 aromatic carbocycles.